The van der Waals surface area contributed by atoms with Gasteiger partial charge in [0.25, 0.3) is 0 Å². The Labute approximate surface area is 439 Å². The number of aliphatic hydroxyl groups is 2. The number of allylic oxidation sites excluding steroid dienone is 19. The molecule has 1 aliphatic heterocycles. The summed E-state index contributed by atoms with van der Waals surface area (Å²) in [5.41, 5.74) is 0. The van der Waals surface area contributed by atoms with Crippen molar-refractivity contribution in [3.8, 4) is 0 Å². The van der Waals surface area contributed by atoms with Crippen LogP contribution in [0.15, 0.2) is 122 Å². The topological polar surface area (TPSA) is 175 Å². The van der Waals surface area contributed by atoms with E-state index in [4.69, 9.17) is 23.7 Å². The van der Waals surface area contributed by atoms with Crippen LogP contribution >= 0.6 is 0 Å². The van der Waals surface area contributed by atoms with Crippen molar-refractivity contribution < 1.29 is 58.2 Å². The first-order valence-electron chi connectivity index (χ1n) is 27.5. The summed E-state index contributed by atoms with van der Waals surface area (Å²) in [6, 6.07) is 0. The number of aliphatic carboxylic acids is 1. The maximum absolute atomic E-state index is 13.1. The number of aliphatic hydroxyl groups excluding tert-OH is 2. The summed E-state index contributed by atoms with van der Waals surface area (Å²) >= 11 is 0. The second-order valence-electron chi connectivity index (χ2n) is 18.1. The van der Waals surface area contributed by atoms with Crippen molar-refractivity contribution in [1.29, 1.82) is 0 Å². The third-order valence-electron chi connectivity index (χ3n) is 11.6. The number of carboxylic acids is 1. The van der Waals surface area contributed by atoms with Gasteiger partial charge in [0.1, 0.15) is 18.8 Å². The van der Waals surface area contributed by atoms with E-state index in [-0.39, 0.29) is 25.9 Å². The fraction of sp³-hybridized carbons (Fsp3) is 0.607. The number of carbonyl (C=O) groups is 4. The summed E-state index contributed by atoms with van der Waals surface area (Å²) < 4.78 is 28.1. The molecule has 1 rings (SSSR count). The summed E-state index contributed by atoms with van der Waals surface area (Å²) in [5.74, 6) is -3.38. The van der Waals surface area contributed by atoms with Crippen LogP contribution in [0.2, 0.25) is 0 Å². The second kappa shape index (κ2) is 48.1. The molecule has 0 spiro atoms. The van der Waals surface area contributed by atoms with Gasteiger partial charge in [0.2, 0.25) is 0 Å². The molecule has 0 aliphatic carbocycles. The smallest absolute Gasteiger partial charge is 0.335 e. The van der Waals surface area contributed by atoms with E-state index in [1.54, 1.807) is 12.2 Å². The minimum Gasteiger partial charge on any atom is -0.479 e. The standard InChI is InChI=1S/C61H94O12/c1-4-7-10-13-16-19-22-24-26-27-29-30-33-35-38-41-44-47-53(62)69-50-52(71-54(63)48-45-42-39-36-32-21-18-15-12-9-6-3)51-70-61-59(57(66)56(65)58(73-61)60(67)68)72-55(64)49-46-43-40-37-34-31-28-25-23-20-17-14-11-8-5-2/h7-8,10-11,16-17,19-20,24-26,28-30,34-35,37-38,43,46,52,56-59,61,65-66H,4-6,9,12-15,18,21-23,27,31-33,36,39-42,44-45,47-51H2,1-3H3,(H,67,68)/b10-7-,11-8-,19-16-,20-17-,26-24-,28-25-,30-29-,37-34-,38-35-,46-43-. The minimum atomic E-state index is -1.95. The lowest BCUT2D eigenvalue weighted by atomic mass is 9.98. The van der Waals surface area contributed by atoms with Crippen LogP contribution in [-0.2, 0) is 42.9 Å². The second-order valence-corrected chi connectivity index (χ2v) is 18.1. The molecule has 1 saturated heterocycles. The number of unbranched alkanes of at least 4 members (excludes halogenated alkanes) is 11. The van der Waals surface area contributed by atoms with Crippen LogP contribution in [0.4, 0.5) is 0 Å². The van der Waals surface area contributed by atoms with Gasteiger partial charge in [0.05, 0.1) is 13.0 Å². The molecule has 0 bridgehead atoms. The van der Waals surface area contributed by atoms with Crippen LogP contribution in [0, 0.1) is 0 Å². The highest BCUT2D eigenvalue weighted by Crippen LogP contribution is 2.26. The van der Waals surface area contributed by atoms with Gasteiger partial charge in [-0.05, 0) is 83.5 Å². The molecular weight excluding hydrogens is 925 g/mol. The average Bonchev–Trinajstić information content (AvgIpc) is 3.37. The number of esters is 3. The number of ether oxygens (including phenoxy) is 5. The normalized spacial score (nSPS) is 19.3. The SMILES string of the molecule is CC/C=C\C/C=C\C/C=C\C/C=C\C/C=C\CCCC(=O)OCC(COC1OC(C(=O)O)C(O)C(O)C1OC(=O)C/C=C\C/C=C\C/C=C\C/C=C\C/C=C\CC)OC(=O)CCCCCCCCCCCCC. The van der Waals surface area contributed by atoms with Gasteiger partial charge < -0.3 is 39.0 Å². The fourth-order valence-electron chi connectivity index (χ4n) is 7.42. The summed E-state index contributed by atoms with van der Waals surface area (Å²) in [4.78, 5) is 50.9. The number of hydrogen-bond acceptors (Lipinski definition) is 11. The van der Waals surface area contributed by atoms with Gasteiger partial charge in [-0.1, -0.05) is 206 Å². The van der Waals surface area contributed by atoms with Gasteiger partial charge in [-0.2, -0.15) is 0 Å². The lowest BCUT2D eigenvalue weighted by molar-refractivity contribution is -0.301. The van der Waals surface area contributed by atoms with Crippen LogP contribution in [0.5, 0.6) is 0 Å². The van der Waals surface area contributed by atoms with Crippen molar-refractivity contribution in [2.45, 2.75) is 225 Å². The van der Waals surface area contributed by atoms with E-state index in [0.717, 1.165) is 77.0 Å². The highest BCUT2D eigenvalue weighted by atomic mass is 16.7. The van der Waals surface area contributed by atoms with Crippen molar-refractivity contribution in [2.24, 2.45) is 0 Å². The third kappa shape index (κ3) is 38.4. The van der Waals surface area contributed by atoms with Gasteiger partial charge in [-0.15, -0.1) is 0 Å². The summed E-state index contributed by atoms with van der Waals surface area (Å²) in [6.07, 6.45) is 53.6. The molecule has 3 N–H and O–H groups in total. The molecule has 0 aromatic rings. The summed E-state index contributed by atoms with van der Waals surface area (Å²) in [7, 11) is 0. The molecule has 6 unspecified atom stereocenters. The van der Waals surface area contributed by atoms with Gasteiger partial charge in [-0.25, -0.2) is 4.79 Å². The molecule has 1 aliphatic rings. The summed E-state index contributed by atoms with van der Waals surface area (Å²) in [6.45, 7) is 5.63. The van der Waals surface area contributed by atoms with Gasteiger partial charge in [0.15, 0.2) is 24.6 Å². The van der Waals surface area contributed by atoms with Crippen LogP contribution in [0.1, 0.15) is 188 Å². The zero-order chi connectivity index (χ0) is 53.3. The van der Waals surface area contributed by atoms with Crippen molar-refractivity contribution in [3.05, 3.63) is 122 Å². The molecule has 0 amide bonds. The Morgan fingerprint density at radius 1 is 0.479 bits per heavy atom. The zero-order valence-corrected chi connectivity index (χ0v) is 44.8. The van der Waals surface area contributed by atoms with Gasteiger partial charge in [0, 0.05) is 12.8 Å². The maximum atomic E-state index is 13.1. The van der Waals surface area contributed by atoms with Gasteiger partial charge in [-0.3, -0.25) is 14.4 Å². The van der Waals surface area contributed by atoms with E-state index in [0.29, 0.717) is 25.7 Å². The van der Waals surface area contributed by atoms with Crippen molar-refractivity contribution >= 4 is 23.9 Å². The number of carbonyl (C=O) groups excluding carboxylic acids is 3. The Morgan fingerprint density at radius 3 is 1.37 bits per heavy atom. The highest BCUT2D eigenvalue weighted by molar-refractivity contribution is 5.74. The van der Waals surface area contributed by atoms with E-state index in [1.807, 2.05) is 24.3 Å². The van der Waals surface area contributed by atoms with Crippen LogP contribution < -0.4 is 0 Å². The van der Waals surface area contributed by atoms with Crippen molar-refractivity contribution in [3.63, 3.8) is 0 Å². The molecule has 12 nitrogen and oxygen atoms in total. The predicted molar refractivity (Wildman–Crippen MR) is 293 cm³/mol. The molecule has 73 heavy (non-hydrogen) atoms. The lowest BCUT2D eigenvalue weighted by Crippen LogP contribution is -2.61. The van der Waals surface area contributed by atoms with E-state index < -0.39 is 67.3 Å². The average molecular weight is 1020 g/mol. The Balaban J connectivity index is 2.80. The molecule has 0 radical (unpaired) electrons. The quantitative estimate of drug-likeness (QED) is 0.0228. The maximum Gasteiger partial charge on any atom is 0.335 e. The van der Waals surface area contributed by atoms with E-state index in [1.165, 1.54) is 44.9 Å². The first-order valence-corrected chi connectivity index (χ1v) is 27.5. The Morgan fingerprint density at radius 2 is 0.904 bits per heavy atom. The molecule has 12 heteroatoms. The molecule has 410 valence electrons. The lowest BCUT2D eigenvalue weighted by Gasteiger charge is -2.40. The van der Waals surface area contributed by atoms with E-state index in [9.17, 15) is 34.5 Å². The first-order chi connectivity index (χ1) is 35.6. The Bertz CT molecular complexity index is 1730. The molecule has 1 fully saturated rings. The predicted octanol–water partition coefficient (Wildman–Crippen LogP) is 13.7. The highest BCUT2D eigenvalue weighted by Gasteiger charge is 2.50. The minimum absolute atomic E-state index is 0.126. The number of carboxylic acid groups (broad SMARTS) is 1. The molecular formula is C61H94O12. The zero-order valence-electron chi connectivity index (χ0n) is 44.8. The molecule has 0 saturated carbocycles. The number of rotatable bonds is 44. The van der Waals surface area contributed by atoms with Gasteiger partial charge >= 0.3 is 23.9 Å². The van der Waals surface area contributed by atoms with E-state index >= 15 is 0 Å². The molecule has 0 aromatic carbocycles. The largest absolute Gasteiger partial charge is 0.479 e. The summed E-state index contributed by atoms with van der Waals surface area (Å²) in [5, 5.41) is 31.3. The molecule has 0 aromatic heterocycles. The first kappa shape index (κ1) is 66.1. The van der Waals surface area contributed by atoms with Crippen LogP contribution in [0.25, 0.3) is 0 Å². The van der Waals surface area contributed by atoms with E-state index in [2.05, 4.69) is 106 Å². The Kier molecular flexibility index (Phi) is 43.6. The monoisotopic (exact) mass is 1020 g/mol. The Hall–Kier alpha value is -4.88. The molecule has 6 atom stereocenters. The van der Waals surface area contributed by atoms with Crippen LogP contribution in [-0.4, -0.2) is 89.2 Å². The van der Waals surface area contributed by atoms with Crippen LogP contribution in [0.3, 0.4) is 0 Å². The molecule has 1 heterocycles. The van der Waals surface area contributed by atoms with Crippen molar-refractivity contribution in [1.82, 2.24) is 0 Å². The number of hydrogen-bond donors (Lipinski definition) is 3. The third-order valence-corrected chi connectivity index (χ3v) is 11.6. The fourth-order valence-corrected chi connectivity index (χ4v) is 7.42. The van der Waals surface area contributed by atoms with Crippen molar-refractivity contribution in [2.75, 3.05) is 13.2 Å².